The lowest BCUT2D eigenvalue weighted by molar-refractivity contribution is 0.0937. The molecule has 0 atom stereocenters. The second-order valence-electron chi connectivity index (χ2n) is 5.85. The highest BCUT2D eigenvalue weighted by Gasteiger charge is 2.24. The van der Waals surface area contributed by atoms with Crippen LogP contribution in [0.3, 0.4) is 0 Å². The van der Waals surface area contributed by atoms with E-state index in [4.69, 9.17) is 11.6 Å². The first-order valence-electron chi connectivity index (χ1n) is 7.73. The van der Waals surface area contributed by atoms with Crippen molar-refractivity contribution in [3.8, 4) is 0 Å². The lowest BCUT2D eigenvalue weighted by Gasteiger charge is -2.11. The normalized spacial score (nSPS) is 15.2. The molecule has 5 heteroatoms. The smallest absolute Gasteiger partial charge is 0.256 e. The van der Waals surface area contributed by atoms with Gasteiger partial charge in [0.2, 0.25) is 0 Å². The molecule has 116 valence electrons. The molecule has 1 aromatic carbocycles. The Labute approximate surface area is 135 Å². The maximum atomic E-state index is 12.5. The van der Waals surface area contributed by atoms with Gasteiger partial charge in [-0.1, -0.05) is 54.8 Å². The van der Waals surface area contributed by atoms with Crippen LogP contribution in [0.5, 0.6) is 0 Å². The molecule has 0 aliphatic heterocycles. The number of hydrogen-bond donors (Lipinski definition) is 1. The molecular formula is C17H20ClN3O. The summed E-state index contributed by atoms with van der Waals surface area (Å²) < 4.78 is 1.69. The third-order valence-corrected chi connectivity index (χ3v) is 4.54. The third-order valence-electron chi connectivity index (χ3n) is 4.16. The second-order valence-corrected chi connectivity index (χ2v) is 6.21. The molecule has 0 radical (unpaired) electrons. The number of benzene rings is 1. The maximum Gasteiger partial charge on any atom is 0.256 e. The summed E-state index contributed by atoms with van der Waals surface area (Å²) in [6.45, 7) is 2.40. The van der Waals surface area contributed by atoms with Crippen molar-refractivity contribution >= 4 is 17.5 Å². The van der Waals surface area contributed by atoms with Crippen molar-refractivity contribution in [1.82, 2.24) is 15.1 Å². The van der Waals surface area contributed by atoms with Crippen molar-refractivity contribution in [1.29, 1.82) is 0 Å². The molecule has 0 bridgehead atoms. The molecule has 1 amide bonds. The number of rotatable bonds is 4. The molecule has 3 rings (SSSR count). The molecule has 1 aromatic heterocycles. The summed E-state index contributed by atoms with van der Waals surface area (Å²) >= 11 is 6.40. The van der Waals surface area contributed by atoms with E-state index in [2.05, 4.69) is 10.4 Å². The number of halogens is 1. The SMILES string of the molecule is Cc1nn(Cc2ccccc2)c(Cl)c1C(=O)NC1CCCC1. The minimum Gasteiger partial charge on any atom is -0.349 e. The molecule has 0 saturated heterocycles. The van der Waals surface area contributed by atoms with E-state index in [-0.39, 0.29) is 11.9 Å². The highest BCUT2D eigenvalue weighted by Crippen LogP contribution is 2.23. The van der Waals surface area contributed by atoms with E-state index in [1.54, 1.807) is 4.68 Å². The molecule has 1 saturated carbocycles. The molecule has 0 unspecified atom stereocenters. The Morgan fingerprint density at radius 1 is 1.32 bits per heavy atom. The first-order valence-corrected chi connectivity index (χ1v) is 8.10. The van der Waals surface area contributed by atoms with Gasteiger partial charge in [-0.3, -0.25) is 4.79 Å². The molecule has 1 N–H and O–H groups in total. The molecule has 4 nitrogen and oxygen atoms in total. The number of carbonyl (C=O) groups is 1. The zero-order valence-corrected chi connectivity index (χ0v) is 13.4. The number of hydrogen-bond acceptors (Lipinski definition) is 2. The summed E-state index contributed by atoms with van der Waals surface area (Å²) in [6.07, 6.45) is 4.48. The van der Waals surface area contributed by atoms with Gasteiger partial charge < -0.3 is 5.32 Å². The molecule has 0 spiro atoms. The van der Waals surface area contributed by atoms with Crippen LogP contribution in [-0.2, 0) is 6.54 Å². The Kier molecular flexibility index (Phi) is 4.48. The van der Waals surface area contributed by atoms with Crippen LogP contribution in [0.2, 0.25) is 5.15 Å². The van der Waals surface area contributed by atoms with E-state index in [1.807, 2.05) is 37.3 Å². The van der Waals surface area contributed by atoms with Crippen molar-refractivity contribution in [3.05, 3.63) is 52.3 Å². The van der Waals surface area contributed by atoms with E-state index < -0.39 is 0 Å². The fourth-order valence-electron chi connectivity index (χ4n) is 3.00. The Hall–Kier alpha value is -1.81. The van der Waals surface area contributed by atoms with Crippen molar-refractivity contribution in [3.63, 3.8) is 0 Å². The average Bonchev–Trinajstić information content (AvgIpc) is 3.09. The zero-order chi connectivity index (χ0) is 15.5. The van der Waals surface area contributed by atoms with Gasteiger partial charge in [-0.2, -0.15) is 5.10 Å². The average molecular weight is 318 g/mol. The predicted octanol–water partition coefficient (Wildman–Crippen LogP) is 3.57. The number of aryl methyl sites for hydroxylation is 1. The van der Waals surface area contributed by atoms with Gasteiger partial charge in [0.05, 0.1) is 17.8 Å². The van der Waals surface area contributed by atoms with E-state index >= 15 is 0 Å². The molecule has 1 aliphatic rings. The minimum absolute atomic E-state index is 0.103. The largest absolute Gasteiger partial charge is 0.349 e. The quantitative estimate of drug-likeness (QED) is 0.937. The maximum absolute atomic E-state index is 12.5. The van der Waals surface area contributed by atoms with Crippen LogP contribution in [0.4, 0.5) is 0 Å². The fourth-order valence-corrected chi connectivity index (χ4v) is 3.32. The predicted molar refractivity (Wildman–Crippen MR) is 87.2 cm³/mol. The Balaban J connectivity index is 1.78. The monoisotopic (exact) mass is 317 g/mol. The zero-order valence-electron chi connectivity index (χ0n) is 12.7. The molecule has 1 aliphatic carbocycles. The molecule has 1 fully saturated rings. The van der Waals surface area contributed by atoms with Crippen LogP contribution in [0.25, 0.3) is 0 Å². The lowest BCUT2D eigenvalue weighted by Crippen LogP contribution is -2.33. The van der Waals surface area contributed by atoms with Crippen LogP contribution >= 0.6 is 11.6 Å². The molecular weight excluding hydrogens is 298 g/mol. The topological polar surface area (TPSA) is 46.9 Å². The summed E-state index contributed by atoms with van der Waals surface area (Å²) in [7, 11) is 0. The van der Waals surface area contributed by atoms with Crippen molar-refractivity contribution in [2.45, 2.75) is 45.2 Å². The standard InChI is InChI=1S/C17H20ClN3O/c1-12-15(17(22)19-14-9-5-6-10-14)16(18)21(20-12)11-13-7-3-2-4-8-13/h2-4,7-8,14H,5-6,9-11H2,1H3,(H,19,22). The van der Waals surface area contributed by atoms with Gasteiger partial charge >= 0.3 is 0 Å². The van der Waals surface area contributed by atoms with Crippen molar-refractivity contribution in [2.75, 3.05) is 0 Å². The summed E-state index contributed by atoms with van der Waals surface area (Å²) in [6, 6.07) is 10.2. The van der Waals surface area contributed by atoms with Crippen molar-refractivity contribution in [2.24, 2.45) is 0 Å². The van der Waals surface area contributed by atoms with Gasteiger partial charge in [-0.05, 0) is 25.3 Å². The van der Waals surface area contributed by atoms with E-state index in [0.717, 1.165) is 18.4 Å². The van der Waals surface area contributed by atoms with Gasteiger partial charge in [0, 0.05) is 6.04 Å². The van der Waals surface area contributed by atoms with Crippen LogP contribution in [0.1, 0.15) is 47.3 Å². The van der Waals surface area contributed by atoms with E-state index in [9.17, 15) is 4.79 Å². The molecule has 22 heavy (non-hydrogen) atoms. The first-order chi connectivity index (χ1) is 10.6. The van der Waals surface area contributed by atoms with Crippen LogP contribution in [0, 0.1) is 6.92 Å². The van der Waals surface area contributed by atoms with Gasteiger partial charge in [0.25, 0.3) is 5.91 Å². The number of carbonyl (C=O) groups excluding carboxylic acids is 1. The van der Waals surface area contributed by atoms with Crippen LogP contribution in [-0.4, -0.2) is 21.7 Å². The van der Waals surface area contributed by atoms with Crippen LogP contribution < -0.4 is 5.32 Å². The summed E-state index contributed by atoms with van der Waals surface area (Å²) in [5.74, 6) is -0.103. The molecule has 2 aromatic rings. The van der Waals surface area contributed by atoms with E-state index in [1.165, 1.54) is 12.8 Å². The third kappa shape index (κ3) is 3.17. The van der Waals surface area contributed by atoms with Gasteiger partial charge in [-0.15, -0.1) is 0 Å². The first kappa shape index (κ1) is 15.1. The highest BCUT2D eigenvalue weighted by atomic mass is 35.5. The summed E-state index contributed by atoms with van der Waals surface area (Å²) in [4.78, 5) is 12.5. The highest BCUT2D eigenvalue weighted by molar-refractivity contribution is 6.33. The minimum atomic E-state index is -0.103. The van der Waals surface area contributed by atoms with E-state index in [0.29, 0.717) is 23.0 Å². The summed E-state index contributed by atoms with van der Waals surface area (Å²) in [5, 5.41) is 7.92. The number of aromatic nitrogens is 2. The van der Waals surface area contributed by atoms with Gasteiger partial charge in [0.15, 0.2) is 0 Å². The second kappa shape index (κ2) is 6.53. The lowest BCUT2D eigenvalue weighted by atomic mass is 10.2. The van der Waals surface area contributed by atoms with Crippen molar-refractivity contribution < 1.29 is 4.79 Å². The Morgan fingerprint density at radius 3 is 2.68 bits per heavy atom. The number of amides is 1. The number of nitrogens with zero attached hydrogens (tertiary/aromatic N) is 2. The number of nitrogens with one attached hydrogen (secondary N) is 1. The van der Waals surface area contributed by atoms with Gasteiger partial charge in [0.1, 0.15) is 5.15 Å². The summed E-state index contributed by atoms with van der Waals surface area (Å²) in [5.41, 5.74) is 2.29. The molecule has 1 heterocycles. The van der Waals surface area contributed by atoms with Gasteiger partial charge in [-0.25, -0.2) is 4.68 Å². The Bertz CT molecular complexity index is 660. The fraction of sp³-hybridized carbons (Fsp3) is 0.412. The Morgan fingerprint density at radius 2 is 2.00 bits per heavy atom. The van der Waals surface area contributed by atoms with Crippen LogP contribution in [0.15, 0.2) is 30.3 Å².